The fourth-order valence-corrected chi connectivity index (χ4v) is 1.15. The lowest BCUT2D eigenvalue weighted by molar-refractivity contribution is -0.290. The molecule has 0 saturated heterocycles. The minimum atomic E-state index is -5.91. The first-order chi connectivity index (χ1) is 8.91. The molecule has 0 aromatic carbocycles. The number of nitrogens with one attached hydrogen (secondary N) is 1. The maximum Gasteiger partial charge on any atom is 0.408 e. The van der Waals surface area contributed by atoms with Crippen molar-refractivity contribution in [2.24, 2.45) is 5.92 Å². The minimum Gasteiger partial charge on any atom is -0.480 e. The molecular formula is C9H9F6NO4. The summed E-state index contributed by atoms with van der Waals surface area (Å²) in [7, 11) is 0. The van der Waals surface area contributed by atoms with Gasteiger partial charge in [0.25, 0.3) is 0 Å². The van der Waals surface area contributed by atoms with Gasteiger partial charge in [-0.15, -0.1) is 0 Å². The van der Waals surface area contributed by atoms with Gasteiger partial charge in [-0.2, -0.15) is 26.3 Å². The zero-order chi connectivity index (χ0) is 16.1. The van der Waals surface area contributed by atoms with Crippen LogP contribution in [0.5, 0.6) is 0 Å². The average molecular weight is 309 g/mol. The zero-order valence-electron chi connectivity index (χ0n) is 9.59. The van der Waals surface area contributed by atoms with Crippen LogP contribution < -0.4 is 5.32 Å². The molecule has 0 aliphatic heterocycles. The molecule has 0 aromatic heterocycles. The Bertz CT molecular complexity index is 364. The van der Waals surface area contributed by atoms with E-state index in [0.29, 0.717) is 0 Å². The molecule has 0 aliphatic rings. The molecule has 0 bridgehead atoms. The van der Waals surface area contributed by atoms with Gasteiger partial charge < -0.3 is 15.2 Å². The molecule has 0 spiro atoms. The first kappa shape index (κ1) is 18.1. The topological polar surface area (TPSA) is 75.6 Å². The fraction of sp³-hybridized carbons (Fsp3) is 0.556. The molecular weight excluding hydrogens is 300 g/mol. The maximum atomic E-state index is 12.3. The third kappa shape index (κ3) is 5.36. The SMILES string of the molecule is C=CCOC(=O)NC(C(=O)O)C(C(F)(F)F)C(F)(F)F. The Balaban J connectivity index is 5.26. The lowest BCUT2D eigenvalue weighted by Crippen LogP contribution is -2.56. The van der Waals surface area contributed by atoms with E-state index in [1.807, 2.05) is 0 Å². The molecule has 0 aliphatic carbocycles. The largest absolute Gasteiger partial charge is 0.480 e. The number of carbonyl (C=O) groups is 2. The number of alkyl carbamates (subject to hydrolysis) is 1. The summed E-state index contributed by atoms with van der Waals surface area (Å²) < 4.78 is 78.1. The van der Waals surface area contributed by atoms with Gasteiger partial charge in [-0.3, -0.25) is 0 Å². The van der Waals surface area contributed by atoms with E-state index in [1.54, 1.807) is 0 Å². The van der Waals surface area contributed by atoms with Gasteiger partial charge >= 0.3 is 24.4 Å². The number of amides is 1. The first-order valence-electron chi connectivity index (χ1n) is 4.81. The van der Waals surface area contributed by atoms with Crippen molar-refractivity contribution in [3.63, 3.8) is 0 Å². The summed E-state index contributed by atoms with van der Waals surface area (Å²) in [5.74, 6) is -6.76. The number of rotatable bonds is 5. The summed E-state index contributed by atoms with van der Waals surface area (Å²) in [6.45, 7) is 2.57. The number of halogens is 6. The van der Waals surface area contributed by atoms with Gasteiger partial charge in [-0.05, 0) is 0 Å². The highest BCUT2D eigenvalue weighted by molar-refractivity contribution is 5.80. The highest BCUT2D eigenvalue weighted by atomic mass is 19.4. The number of hydrogen-bond acceptors (Lipinski definition) is 3. The molecule has 0 rings (SSSR count). The van der Waals surface area contributed by atoms with Crippen molar-refractivity contribution in [1.29, 1.82) is 0 Å². The minimum absolute atomic E-state index is 0.513. The molecule has 1 amide bonds. The Morgan fingerprint density at radius 1 is 1.20 bits per heavy atom. The van der Waals surface area contributed by atoms with Crippen LogP contribution in [0.1, 0.15) is 0 Å². The van der Waals surface area contributed by atoms with Crippen molar-refractivity contribution < 1.29 is 45.8 Å². The lowest BCUT2D eigenvalue weighted by atomic mass is 9.98. The summed E-state index contributed by atoms with van der Waals surface area (Å²) in [4.78, 5) is 21.4. The van der Waals surface area contributed by atoms with Crippen LogP contribution in [0.25, 0.3) is 0 Å². The van der Waals surface area contributed by atoms with E-state index >= 15 is 0 Å². The summed E-state index contributed by atoms with van der Waals surface area (Å²) in [6.07, 6.45) is -12.6. The molecule has 1 unspecified atom stereocenters. The molecule has 0 heterocycles. The van der Waals surface area contributed by atoms with Gasteiger partial charge in [-0.25, -0.2) is 9.59 Å². The Labute approximate surface area is 108 Å². The van der Waals surface area contributed by atoms with E-state index in [2.05, 4.69) is 11.3 Å². The second kappa shape index (κ2) is 6.48. The Kier molecular flexibility index (Phi) is 5.85. The van der Waals surface area contributed by atoms with Gasteiger partial charge in [0.15, 0.2) is 5.92 Å². The molecule has 5 nitrogen and oxygen atoms in total. The number of hydrogen-bond donors (Lipinski definition) is 2. The molecule has 0 saturated carbocycles. The summed E-state index contributed by atoms with van der Waals surface area (Å²) in [5.41, 5.74) is 0. The van der Waals surface area contributed by atoms with Gasteiger partial charge in [0.05, 0.1) is 0 Å². The highest BCUT2D eigenvalue weighted by Crippen LogP contribution is 2.41. The second-order valence-electron chi connectivity index (χ2n) is 3.41. The number of carbonyl (C=O) groups excluding carboxylic acids is 1. The van der Waals surface area contributed by atoms with E-state index < -0.39 is 43.0 Å². The van der Waals surface area contributed by atoms with Crippen LogP contribution in [-0.2, 0) is 9.53 Å². The molecule has 0 fully saturated rings. The second-order valence-corrected chi connectivity index (χ2v) is 3.41. The number of carboxylic acids is 1. The highest BCUT2D eigenvalue weighted by Gasteiger charge is 2.62. The zero-order valence-corrected chi connectivity index (χ0v) is 9.59. The lowest BCUT2D eigenvalue weighted by Gasteiger charge is -2.28. The van der Waals surface area contributed by atoms with Crippen molar-refractivity contribution in [3.8, 4) is 0 Å². The smallest absolute Gasteiger partial charge is 0.408 e. The molecule has 2 N–H and O–H groups in total. The Morgan fingerprint density at radius 3 is 1.95 bits per heavy atom. The van der Waals surface area contributed by atoms with Crippen molar-refractivity contribution in [3.05, 3.63) is 12.7 Å². The predicted octanol–water partition coefficient (Wildman–Crippen LogP) is 2.09. The van der Waals surface area contributed by atoms with Crippen LogP contribution in [0.2, 0.25) is 0 Å². The van der Waals surface area contributed by atoms with Crippen LogP contribution in [0.3, 0.4) is 0 Å². The van der Waals surface area contributed by atoms with Crippen molar-refractivity contribution in [2.75, 3.05) is 6.61 Å². The van der Waals surface area contributed by atoms with E-state index in [0.717, 1.165) is 11.4 Å². The molecule has 0 aromatic rings. The van der Waals surface area contributed by atoms with Crippen LogP contribution in [0.4, 0.5) is 31.1 Å². The third-order valence-electron chi connectivity index (χ3n) is 1.91. The molecule has 11 heteroatoms. The van der Waals surface area contributed by atoms with Crippen LogP contribution in [0, 0.1) is 5.92 Å². The monoisotopic (exact) mass is 309 g/mol. The third-order valence-corrected chi connectivity index (χ3v) is 1.91. The molecule has 1 atom stereocenters. The van der Waals surface area contributed by atoms with E-state index in [-0.39, 0.29) is 0 Å². The van der Waals surface area contributed by atoms with Gasteiger partial charge in [-0.1, -0.05) is 12.7 Å². The number of ether oxygens (including phenoxy) is 1. The predicted molar refractivity (Wildman–Crippen MR) is 51.7 cm³/mol. The van der Waals surface area contributed by atoms with E-state index in [9.17, 15) is 35.9 Å². The number of carboxylic acid groups (broad SMARTS) is 1. The molecule has 0 radical (unpaired) electrons. The fourth-order valence-electron chi connectivity index (χ4n) is 1.15. The van der Waals surface area contributed by atoms with Crippen LogP contribution >= 0.6 is 0 Å². The average Bonchev–Trinajstić information content (AvgIpc) is 2.21. The molecule has 20 heavy (non-hydrogen) atoms. The van der Waals surface area contributed by atoms with Crippen molar-refractivity contribution >= 4 is 12.1 Å². The summed E-state index contributed by atoms with van der Waals surface area (Å²) in [6, 6.07) is -3.26. The number of aliphatic carboxylic acids is 1. The molecule has 116 valence electrons. The Hall–Kier alpha value is -1.94. The standard InChI is InChI=1S/C9H9F6NO4/c1-2-3-20-7(19)16-4(6(17)18)5(8(10,11)12)9(13,14)15/h2,4-5H,1,3H2,(H,16,19)(H,17,18). The number of alkyl halides is 6. The maximum absolute atomic E-state index is 12.3. The quantitative estimate of drug-likeness (QED) is 0.602. The van der Waals surface area contributed by atoms with Crippen molar-refractivity contribution in [1.82, 2.24) is 5.32 Å². The Morgan fingerprint density at radius 2 is 1.65 bits per heavy atom. The van der Waals surface area contributed by atoms with Gasteiger partial charge in [0.1, 0.15) is 12.6 Å². The van der Waals surface area contributed by atoms with E-state index in [4.69, 9.17) is 5.11 Å². The normalized spacial score (nSPS) is 13.8. The van der Waals surface area contributed by atoms with Crippen LogP contribution in [-0.4, -0.2) is 42.2 Å². The van der Waals surface area contributed by atoms with Crippen molar-refractivity contribution in [2.45, 2.75) is 18.4 Å². The van der Waals surface area contributed by atoms with Gasteiger partial charge in [0.2, 0.25) is 0 Å². The first-order valence-corrected chi connectivity index (χ1v) is 4.81. The van der Waals surface area contributed by atoms with Gasteiger partial charge in [0, 0.05) is 0 Å². The van der Waals surface area contributed by atoms with E-state index in [1.165, 1.54) is 0 Å². The summed E-state index contributed by atoms with van der Waals surface area (Å²) >= 11 is 0. The summed E-state index contributed by atoms with van der Waals surface area (Å²) in [5, 5.41) is 9.47. The van der Waals surface area contributed by atoms with Crippen LogP contribution in [0.15, 0.2) is 12.7 Å².